The van der Waals surface area contributed by atoms with Crippen molar-refractivity contribution in [3.63, 3.8) is 0 Å². The lowest BCUT2D eigenvalue weighted by Gasteiger charge is -2.15. The van der Waals surface area contributed by atoms with Crippen LogP contribution < -0.4 is 16.2 Å². The molecular formula is C30H22Cl2F3N5O3. The van der Waals surface area contributed by atoms with Crippen LogP contribution in [0.15, 0.2) is 77.7 Å². The second-order valence-electron chi connectivity index (χ2n) is 9.63. The van der Waals surface area contributed by atoms with Crippen molar-refractivity contribution in [3.05, 3.63) is 110 Å². The number of fused-ring (bicyclic) bond motifs is 1. The van der Waals surface area contributed by atoms with E-state index in [2.05, 4.69) is 20.6 Å². The first-order valence-electron chi connectivity index (χ1n) is 12.7. The molecule has 3 N–H and O–H groups in total. The van der Waals surface area contributed by atoms with Crippen LogP contribution in [-0.4, -0.2) is 25.5 Å². The Balaban J connectivity index is 1.48. The van der Waals surface area contributed by atoms with Crippen molar-refractivity contribution in [2.75, 3.05) is 10.6 Å². The molecule has 0 aliphatic rings. The topological polar surface area (TPSA) is 109 Å². The molecular weight excluding hydrogens is 606 g/mol. The fourth-order valence-corrected chi connectivity index (χ4v) is 5.01. The predicted molar refractivity (Wildman–Crippen MR) is 160 cm³/mol. The molecule has 43 heavy (non-hydrogen) atoms. The Morgan fingerprint density at radius 2 is 1.77 bits per heavy atom. The van der Waals surface area contributed by atoms with Crippen LogP contribution in [0.2, 0.25) is 10.0 Å². The van der Waals surface area contributed by atoms with E-state index < -0.39 is 29.3 Å². The number of nitrogens with zero attached hydrogens (tertiary/aromatic N) is 3. The SMILES string of the molecule is CC(O)c1ccc(Nc2ncc3cc(-c4c(Cl)ccc(NC(=O)c5cccc(C(F)(F)F)c5)c4Cl)c(=O)n(C)c3n2)cc1. The van der Waals surface area contributed by atoms with Gasteiger partial charge in [-0.25, -0.2) is 4.98 Å². The van der Waals surface area contributed by atoms with Gasteiger partial charge < -0.3 is 15.7 Å². The van der Waals surface area contributed by atoms with Crippen molar-refractivity contribution in [3.8, 4) is 11.1 Å². The van der Waals surface area contributed by atoms with E-state index in [1.165, 1.54) is 42.1 Å². The summed E-state index contributed by atoms with van der Waals surface area (Å²) in [7, 11) is 1.52. The van der Waals surface area contributed by atoms with Gasteiger partial charge in [-0.05, 0) is 61.0 Å². The summed E-state index contributed by atoms with van der Waals surface area (Å²) in [5.74, 6) is -0.600. The molecule has 5 aromatic rings. The van der Waals surface area contributed by atoms with Crippen molar-refractivity contribution in [1.82, 2.24) is 14.5 Å². The Hall–Kier alpha value is -4.45. The molecule has 2 aromatic heterocycles. The number of rotatable bonds is 6. The average molecular weight is 628 g/mol. The third-order valence-electron chi connectivity index (χ3n) is 6.66. The van der Waals surface area contributed by atoms with Gasteiger partial charge in [0.2, 0.25) is 5.95 Å². The number of benzene rings is 3. The first kappa shape index (κ1) is 30.0. The summed E-state index contributed by atoms with van der Waals surface area (Å²) in [5, 5.41) is 15.8. The summed E-state index contributed by atoms with van der Waals surface area (Å²) in [4.78, 5) is 35.1. The van der Waals surface area contributed by atoms with Gasteiger partial charge in [0.15, 0.2) is 0 Å². The number of halogens is 5. The van der Waals surface area contributed by atoms with Gasteiger partial charge in [0.05, 0.1) is 33.0 Å². The van der Waals surface area contributed by atoms with Gasteiger partial charge in [-0.15, -0.1) is 0 Å². The van der Waals surface area contributed by atoms with E-state index in [4.69, 9.17) is 23.2 Å². The Morgan fingerprint density at radius 1 is 1.05 bits per heavy atom. The lowest BCUT2D eigenvalue weighted by atomic mass is 10.0. The Labute approximate surface area is 252 Å². The van der Waals surface area contributed by atoms with Gasteiger partial charge in [-0.3, -0.25) is 14.2 Å². The third kappa shape index (κ3) is 6.19. The molecule has 0 spiro atoms. The molecule has 8 nitrogen and oxygen atoms in total. The van der Waals surface area contributed by atoms with Crippen molar-refractivity contribution in [2.24, 2.45) is 7.05 Å². The maximum atomic E-state index is 13.5. The summed E-state index contributed by atoms with van der Waals surface area (Å²) in [5.41, 5.74) is 0.289. The number of aryl methyl sites for hydroxylation is 1. The minimum Gasteiger partial charge on any atom is -0.389 e. The van der Waals surface area contributed by atoms with E-state index in [0.717, 1.165) is 23.8 Å². The molecule has 220 valence electrons. The number of pyridine rings is 1. The second-order valence-corrected chi connectivity index (χ2v) is 10.4. The zero-order valence-electron chi connectivity index (χ0n) is 22.5. The number of hydrogen-bond donors (Lipinski definition) is 3. The molecule has 0 saturated heterocycles. The first-order chi connectivity index (χ1) is 20.3. The quantitative estimate of drug-likeness (QED) is 0.181. The number of carbonyl (C=O) groups is 1. The summed E-state index contributed by atoms with van der Waals surface area (Å²) < 4.78 is 40.7. The average Bonchev–Trinajstić information content (AvgIpc) is 2.97. The largest absolute Gasteiger partial charge is 0.416 e. The van der Waals surface area contributed by atoms with Crippen molar-refractivity contribution >= 4 is 57.5 Å². The number of aliphatic hydroxyl groups is 1. The molecule has 2 heterocycles. The van der Waals surface area contributed by atoms with E-state index in [1.807, 2.05) is 0 Å². The third-order valence-corrected chi connectivity index (χ3v) is 7.37. The van der Waals surface area contributed by atoms with E-state index in [0.29, 0.717) is 16.7 Å². The van der Waals surface area contributed by atoms with Crippen molar-refractivity contribution in [1.29, 1.82) is 0 Å². The Kier molecular flexibility index (Phi) is 8.15. The zero-order valence-corrected chi connectivity index (χ0v) is 24.0. The maximum absolute atomic E-state index is 13.5. The summed E-state index contributed by atoms with van der Waals surface area (Å²) in [6.45, 7) is 1.66. The Morgan fingerprint density at radius 3 is 2.44 bits per heavy atom. The molecule has 3 aromatic carbocycles. The first-order valence-corrected chi connectivity index (χ1v) is 13.5. The lowest BCUT2D eigenvalue weighted by Crippen LogP contribution is -2.20. The van der Waals surface area contributed by atoms with Crippen LogP contribution in [0.25, 0.3) is 22.2 Å². The number of aromatic nitrogens is 3. The van der Waals surface area contributed by atoms with Crippen LogP contribution in [0.1, 0.15) is 34.5 Å². The maximum Gasteiger partial charge on any atom is 0.416 e. The molecule has 1 unspecified atom stereocenters. The van der Waals surface area contributed by atoms with Gasteiger partial charge >= 0.3 is 6.18 Å². The van der Waals surface area contributed by atoms with Crippen LogP contribution in [-0.2, 0) is 13.2 Å². The van der Waals surface area contributed by atoms with Crippen LogP contribution in [0.5, 0.6) is 0 Å². The van der Waals surface area contributed by atoms with Crippen LogP contribution >= 0.6 is 23.2 Å². The highest BCUT2D eigenvalue weighted by Gasteiger charge is 2.31. The summed E-state index contributed by atoms with van der Waals surface area (Å²) in [6.07, 6.45) is -3.72. The van der Waals surface area contributed by atoms with Crippen molar-refractivity contribution < 1.29 is 23.1 Å². The number of hydrogen-bond acceptors (Lipinski definition) is 6. The van der Waals surface area contributed by atoms with Gasteiger partial charge in [-0.1, -0.05) is 41.4 Å². The predicted octanol–water partition coefficient (Wildman–Crippen LogP) is 7.37. The number of nitrogens with one attached hydrogen (secondary N) is 2. The van der Waals surface area contributed by atoms with Crippen LogP contribution in [0.4, 0.5) is 30.5 Å². The fourth-order valence-electron chi connectivity index (χ4n) is 4.39. The van der Waals surface area contributed by atoms with Crippen molar-refractivity contribution in [2.45, 2.75) is 19.2 Å². The van der Waals surface area contributed by atoms with E-state index in [9.17, 15) is 27.9 Å². The van der Waals surface area contributed by atoms with Crippen LogP contribution in [0.3, 0.4) is 0 Å². The smallest absolute Gasteiger partial charge is 0.389 e. The normalized spacial score (nSPS) is 12.3. The van der Waals surface area contributed by atoms with Crippen LogP contribution in [0, 0.1) is 0 Å². The Bertz CT molecular complexity index is 1930. The van der Waals surface area contributed by atoms with E-state index >= 15 is 0 Å². The number of carbonyl (C=O) groups excluding carboxylic acids is 1. The van der Waals surface area contributed by atoms with Gasteiger partial charge in [-0.2, -0.15) is 18.2 Å². The highest BCUT2D eigenvalue weighted by Crippen LogP contribution is 2.39. The van der Waals surface area contributed by atoms with Gasteiger partial charge in [0, 0.05) is 35.4 Å². The minimum atomic E-state index is -4.62. The molecule has 0 saturated carbocycles. The molecule has 0 fully saturated rings. The van der Waals surface area contributed by atoms with E-state index in [-0.39, 0.29) is 38.4 Å². The molecule has 0 radical (unpaired) electrons. The monoisotopic (exact) mass is 627 g/mol. The molecule has 1 atom stereocenters. The molecule has 1 amide bonds. The summed E-state index contributed by atoms with van der Waals surface area (Å²) in [6, 6.07) is 15.3. The number of amides is 1. The highest BCUT2D eigenvalue weighted by molar-refractivity contribution is 6.41. The number of anilines is 3. The summed E-state index contributed by atoms with van der Waals surface area (Å²) >= 11 is 13.1. The number of alkyl halides is 3. The molecule has 13 heteroatoms. The fraction of sp³-hybridized carbons (Fsp3) is 0.133. The van der Waals surface area contributed by atoms with Gasteiger partial charge in [0.1, 0.15) is 5.65 Å². The molecule has 0 aliphatic heterocycles. The van der Waals surface area contributed by atoms with Gasteiger partial charge in [0.25, 0.3) is 11.5 Å². The minimum absolute atomic E-state index is 0.0445. The molecule has 0 aliphatic carbocycles. The van der Waals surface area contributed by atoms with E-state index in [1.54, 1.807) is 31.2 Å². The number of aliphatic hydroxyl groups excluding tert-OH is 1. The highest BCUT2D eigenvalue weighted by atomic mass is 35.5. The standard InChI is InChI=1S/C30H22Cl2F3N5O3/c1-15(41)16-6-8-20(9-7-16)37-29-36-14-18-13-21(28(43)40(2)26(18)39-29)24-22(31)10-11-23(25(24)32)38-27(42)17-4-3-5-19(12-17)30(33,34)35/h3-15,41H,1-2H3,(H,38,42)(H,36,37,39). The zero-order chi connectivity index (χ0) is 31.1. The second kappa shape index (κ2) is 11.7. The molecule has 0 bridgehead atoms. The molecule has 5 rings (SSSR count). The lowest BCUT2D eigenvalue weighted by molar-refractivity contribution is -0.137.